The molecule has 6 nitrogen and oxygen atoms in total. The van der Waals surface area contributed by atoms with Gasteiger partial charge in [0.15, 0.2) is 0 Å². The molecule has 0 aliphatic carbocycles. The number of hydrogen-bond acceptors (Lipinski definition) is 5. The van der Waals surface area contributed by atoms with E-state index in [0.29, 0.717) is 22.4 Å². The predicted octanol–water partition coefficient (Wildman–Crippen LogP) is 4.20. The van der Waals surface area contributed by atoms with Crippen molar-refractivity contribution in [3.8, 4) is 11.8 Å². The molecule has 0 aliphatic heterocycles. The van der Waals surface area contributed by atoms with E-state index in [1.807, 2.05) is 12.1 Å². The van der Waals surface area contributed by atoms with Crippen LogP contribution in [0.25, 0.3) is 0 Å². The van der Waals surface area contributed by atoms with E-state index >= 15 is 0 Å². The van der Waals surface area contributed by atoms with E-state index in [2.05, 4.69) is 5.32 Å². The highest BCUT2D eigenvalue weighted by molar-refractivity contribution is 7.87. The van der Waals surface area contributed by atoms with Gasteiger partial charge in [-0.05, 0) is 73.5 Å². The van der Waals surface area contributed by atoms with Crippen molar-refractivity contribution in [2.24, 2.45) is 0 Å². The minimum atomic E-state index is -3.99. The molecule has 7 heteroatoms. The zero-order valence-corrected chi connectivity index (χ0v) is 16.7. The average Bonchev–Trinajstić information content (AvgIpc) is 2.70. The maximum Gasteiger partial charge on any atom is 0.339 e. The number of carbonyl (C=O) groups is 1. The van der Waals surface area contributed by atoms with Crippen LogP contribution in [0.1, 0.15) is 27.0 Å². The summed E-state index contributed by atoms with van der Waals surface area (Å²) in [6.45, 7) is 3.50. The standard InChI is InChI=1S/C22H18N2O4S/c1-15-6-7-16(2)21(12-15)29(26,27)28-20-10-8-18(9-11-20)22(25)24-19-5-3-4-17(13-19)14-23/h3-13H,1-2H3,(H,24,25). The van der Waals surface area contributed by atoms with E-state index in [1.54, 1.807) is 50.2 Å². The lowest BCUT2D eigenvalue weighted by atomic mass is 10.2. The van der Waals surface area contributed by atoms with Crippen molar-refractivity contribution in [3.05, 3.63) is 89.0 Å². The van der Waals surface area contributed by atoms with Crippen molar-refractivity contribution < 1.29 is 17.4 Å². The molecule has 3 rings (SSSR count). The smallest absolute Gasteiger partial charge is 0.339 e. The molecule has 29 heavy (non-hydrogen) atoms. The van der Waals surface area contributed by atoms with Gasteiger partial charge >= 0.3 is 10.1 Å². The highest BCUT2D eigenvalue weighted by Gasteiger charge is 2.19. The summed E-state index contributed by atoms with van der Waals surface area (Å²) in [5.74, 6) is -0.280. The molecule has 1 amide bonds. The summed E-state index contributed by atoms with van der Waals surface area (Å²) in [4.78, 5) is 12.5. The van der Waals surface area contributed by atoms with Crippen molar-refractivity contribution >= 4 is 21.7 Å². The Bertz CT molecular complexity index is 1210. The Labute approximate surface area is 169 Å². The molecule has 0 aromatic heterocycles. The van der Waals surface area contributed by atoms with Crippen LogP contribution >= 0.6 is 0 Å². The van der Waals surface area contributed by atoms with Gasteiger partial charge in [0.25, 0.3) is 5.91 Å². The fourth-order valence-electron chi connectivity index (χ4n) is 2.68. The van der Waals surface area contributed by atoms with Crippen molar-refractivity contribution in [3.63, 3.8) is 0 Å². The van der Waals surface area contributed by atoms with E-state index in [4.69, 9.17) is 9.44 Å². The van der Waals surface area contributed by atoms with Crippen LogP contribution < -0.4 is 9.50 Å². The number of hydrogen-bond donors (Lipinski definition) is 1. The molecule has 0 aliphatic rings. The number of benzene rings is 3. The van der Waals surface area contributed by atoms with Crippen LogP contribution in [-0.2, 0) is 10.1 Å². The summed E-state index contributed by atoms with van der Waals surface area (Å²) >= 11 is 0. The molecule has 0 saturated carbocycles. The molecule has 3 aromatic carbocycles. The summed E-state index contributed by atoms with van der Waals surface area (Å²) in [5.41, 5.74) is 2.65. The summed E-state index contributed by atoms with van der Waals surface area (Å²) in [5, 5.41) is 11.6. The van der Waals surface area contributed by atoms with Crippen molar-refractivity contribution in [2.45, 2.75) is 18.7 Å². The van der Waals surface area contributed by atoms with Gasteiger partial charge in [0.1, 0.15) is 10.6 Å². The zero-order valence-electron chi connectivity index (χ0n) is 15.8. The minimum Gasteiger partial charge on any atom is -0.379 e. The fourth-order valence-corrected chi connectivity index (χ4v) is 3.93. The number of nitrogens with zero attached hydrogens (tertiary/aromatic N) is 1. The van der Waals surface area contributed by atoms with Crippen LogP contribution in [-0.4, -0.2) is 14.3 Å². The minimum absolute atomic E-state index is 0.105. The highest BCUT2D eigenvalue weighted by Crippen LogP contribution is 2.23. The Kier molecular flexibility index (Phi) is 5.66. The monoisotopic (exact) mass is 406 g/mol. The first-order valence-electron chi connectivity index (χ1n) is 8.72. The molecule has 0 radical (unpaired) electrons. The molecule has 0 atom stereocenters. The van der Waals surface area contributed by atoms with Crippen molar-refractivity contribution in [1.82, 2.24) is 0 Å². The van der Waals surface area contributed by atoms with Crippen LogP contribution in [0.15, 0.2) is 71.6 Å². The van der Waals surface area contributed by atoms with Gasteiger partial charge in [0, 0.05) is 11.3 Å². The van der Waals surface area contributed by atoms with Crippen LogP contribution in [0.2, 0.25) is 0 Å². The molecule has 146 valence electrons. The van der Waals surface area contributed by atoms with Gasteiger partial charge in [-0.3, -0.25) is 4.79 Å². The third kappa shape index (κ3) is 4.81. The summed E-state index contributed by atoms with van der Waals surface area (Å²) in [7, 11) is -3.99. The van der Waals surface area contributed by atoms with E-state index in [1.165, 1.54) is 24.3 Å². The lowest BCUT2D eigenvalue weighted by Crippen LogP contribution is -2.13. The summed E-state index contributed by atoms with van der Waals surface area (Å²) in [6, 6.07) is 19.4. The van der Waals surface area contributed by atoms with Crippen LogP contribution in [0.4, 0.5) is 5.69 Å². The zero-order chi connectivity index (χ0) is 21.0. The largest absolute Gasteiger partial charge is 0.379 e. The van der Waals surface area contributed by atoms with Gasteiger partial charge < -0.3 is 9.50 Å². The molecule has 3 aromatic rings. The Balaban J connectivity index is 1.75. The number of amides is 1. The van der Waals surface area contributed by atoms with Gasteiger partial charge in [0.2, 0.25) is 0 Å². The Morgan fingerprint density at radius 2 is 1.72 bits per heavy atom. The predicted molar refractivity (Wildman–Crippen MR) is 109 cm³/mol. The van der Waals surface area contributed by atoms with Gasteiger partial charge in [0.05, 0.1) is 11.6 Å². The number of nitrogens with one attached hydrogen (secondary N) is 1. The third-order valence-electron chi connectivity index (χ3n) is 4.18. The van der Waals surface area contributed by atoms with Gasteiger partial charge in [-0.15, -0.1) is 0 Å². The molecule has 0 heterocycles. The normalized spacial score (nSPS) is 10.8. The van der Waals surface area contributed by atoms with Crippen molar-refractivity contribution in [2.75, 3.05) is 5.32 Å². The van der Waals surface area contributed by atoms with E-state index in [0.717, 1.165) is 5.56 Å². The maximum atomic E-state index is 12.6. The third-order valence-corrected chi connectivity index (χ3v) is 5.58. The second-order valence-electron chi connectivity index (χ2n) is 6.48. The van der Waals surface area contributed by atoms with Gasteiger partial charge in [-0.25, -0.2) is 0 Å². The fraction of sp³-hybridized carbons (Fsp3) is 0.0909. The molecule has 0 spiro atoms. The second-order valence-corrected chi connectivity index (χ2v) is 7.99. The Hall–Kier alpha value is -3.63. The van der Waals surface area contributed by atoms with Crippen LogP contribution in [0.5, 0.6) is 5.75 Å². The maximum absolute atomic E-state index is 12.6. The average molecular weight is 406 g/mol. The van der Waals surface area contributed by atoms with Crippen LogP contribution in [0.3, 0.4) is 0 Å². The summed E-state index contributed by atoms with van der Waals surface area (Å²) < 4.78 is 30.3. The number of rotatable bonds is 5. The van der Waals surface area contributed by atoms with Gasteiger partial charge in [-0.2, -0.15) is 13.7 Å². The second kappa shape index (κ2) is 8.17. The first-order chi connectivity index (χ1) is 13.8. The molecule has 0 saturated heterocycles. The highest BCUT2D eigenvalue weighted by atomic mass is 32.2. The Morgan fingerprint density at radius 1 is 1.00 bits per heavy atom. The number of nitriles is 1. The topological polar surface area (TPSA) is 96.3 Å². The number of anilines is 1. The van der Waals surface area contributed by atoms with E-state index in [9.17, 15) is 13.2 Å². The molecule has 0 bridgehead atoms. The first kappa shape index (κ1) is 20.1. The van der Waals surface area contributed by atoms with Crippen molar-refractivity contribution in [1.29, 1.82) is 5.26 Å². The lowest BCUT2D eigenvalue weighted by molar-refractivity contribution is 0.102. The lowest BCUT2D eigenvalue weighted by Gasteiger charge is -2.11. The molecular formula is C22H18N2O4S. The molecule has 1 N–H and O–H groups in total. The molecule has 0 unspecified atom stereocenters. The quantitative estimate of drug-likeness (QED) is 0.641. The molecular weight excluding hydrogens is 388 g/mol. The van der Waals surface area contributed by atoms with E-state index in [-0.39, 0.29) is 16.6 Å². The number of aryl methyl sites for hydroxylation is 2. The number of carbonyl (C=O) groups excluding carboxylic acids is 1. The first-order valence-corrected chi connectivity index (χ1v) is 10.1. The van der Waals surface area contributed by atoms with Crippen LogP contribution in [0, 0.1) is 25.2 Å². The Morgan fingerprint density at radius 3 is 2.41 bits per heavy atom. The SMILES string of the molecule is Cc1ccc(C)c(S(=O)(=O)Oc2ccc(C(=O)Nc3cccc(C#N)c3)cc2)c1. The van der Waals surface area contributed by atoms with Gasteiger partial charge in [-0.1, -0.05) is 18.2 Å². The van der Waals surface area contributed by atoms with E-state index < -0.39 is 10.1 Å². The summed E-state index contributed by atoms with van der Waals surface area (Å²) in [6.07, 6.45) is 0. The molecule has 0 fully saturated rings.